The first kappa shape index (κ1) is 105. The molecule has 131 heavy (non-hydrogen) atoms. The van der Waals surface area contributed by atoms with Crippen molar-refractivity contribution in [1.29, 1.82) is 5.41 Å². The van der Waals surface area contributed by atoms with E-state index < -0.39 is 211 Å². The van der Waals surface area contributed by atoms with Crippen LogP contribution in [-0.2, 0) is 97.6 Å². The summed E-state index contributed by atoms with van der Waals surface area (Å²) in [5.74, 6) is -14.6. The molecule has 0 unspecified atom stereocenters. The number of aromatic amines is 1. The second-order valence-electron chi connectivity index (χ2n) is 34.6. The summed E-state index contributed by atoms with van der Waals surface area (Å²) in [7, 11) is 0. The Morgan fingerprint density at radius 1 is 0.473 bits per heavy atom. The second-order valence-corrected chi connectivity index (χ2v) is 34.6. The molecule has 1 fully saturated rings. The van der Waals surface area contributed by atoms with Gasteiger partial charge in [-0.05, 0) is 128 Å². The van der Waals surface area contributed by atoms with Crippen LogP contribution in [0.25, 0.3) is 10.9 Å². The lowest BCUT2D eigenvalue weighted by Crippen LogP contribution is -2.61. The van der Waals surface area contributed by atoms with Crippen molar-refractivity contribution >= 4 is 105 Å². The fourth-order valence-electron chi connectivity index (χ4n) is 15.4. The zero-order chi connectivity index (χ0) is 96.0. The smallest absolute Gasteiger partial charge is 0.246 e. The molecule has 7 rings (SSSR count). The van der Waals surface area contributed by atoms with Gasteiger partial charge in [-0.2, -0.15) is 0 Å². The van der Waals surface area contributed by atoms with Crippen LogP contribution in [0.1, 0.15) is 160 Å². The molecule has 37 nitrogen and oxygen atoms in total. The Morgan fingerprint density at radius 2 is 0.931 bits per heavy atom. The number of amides is 15. The number of benzene rings is 5. The zero-order valence-electron chi connectivity index (χ0n) is 75.9. The van der Waals surface area contributed by atoms with Gasteiger partial charge in [0.05, 0.1) is 19.2 Å². The molecular weight excluding hydrogens is 1680 g/mol. The average Bonchev–Trinajstić information content (AvgIpc) is 1.37. The summed E-state index contributed by atoms with van der Waals surface area (Å²) < 4.78 is 0. The summed E-state index contributed by atoms with van der Waals surface area (Å²) in [6.07, 6.45) is 1.55. The molecule has 26 N–H and O–H groups in total. The van der Waals surface area contributed by atoms with E-state index in [9.17, 15) is 53.1 Å². The Bertz CT molecular complexity index is 4810. The van der Waals surface area contributed by atoms with Crippen molar-refractivity contribution in [3.05, 3.63) is 180 Å². The molecule has 1 aromatic heterocycles. The molecule has 710 valence electrons. The van der Waals surface area contributed by atoms with Crippen molar-refractivity contribution in [1.82, 2.24) is 79.0 Å². The largest absolute Gasteiger partial charge is 0.394 e. The van der Waals surface area contributed by atoms with Crippen molar-refractivity contribution in [2.75, 3.05) is 32.8 Å². The number of aromatic nitrogens is 1. The molecule has 15 atom stereocenters. The van der Waals surface area contributed by atoms with Gasteiger partial charge >= 0.3 is 0 Å². The molecule has 0 radical (unpaired) electrons. The molecule has 0 spiro atoms. The van der Waals surface area contributed by atoms with E-state index in [1.54, 1.807) is 133 Å². The van der Waals surface area contributed by atoms with E-state index in [1.165, 1.54) is 4.90 Å². The fourth-order valence-corrected chi connectivity index (χ4v) is 15.4. The van der Waals surface area contributed by atoms with Gasteiger partial charge in [-0.25, -0.2) is 0 Å². The lowest BCUT2D eigenvalue weighted by molar-refractivity contribution is -0.143. The molecular formula is C94H133N21O16. The molecule has 15 amide bonds. The molecule has 1 aliphatic heterocycles. The monoisotopic (exact) mass is 1810 g/mol. The van der Waals surface area contributed by atoms with Crippen LogP contribution < -0.4 is 97.8 Å². The summed E-state index contributed by atoms with van der Waals surface area (Å²) in [6.45, 7) is 12.7. The number of H-pyrrole nitrogens is 1. The number of rotatable bonds is 54. The van der Waals surface area contributed by atoms with Gasteiger partial charge in [0.25, 0.3) is 0 Å². The summed E-state index contributed by atoms with van der Waals surface area (Å²) in [5, 5.41) is 54.3. The normalized spacial score (nSPS) is 16.0. The first-order valence-corrected chi connectivity index (χ1v) is 44.8. The van der Waals surface area contributed by atoms with E-state index in [-0.39, 0.29) is 108 Å². The lowest BCUT2D eigenvalue weighted by Gasteiger charge is -2.32. The molecule has 0 bridgehead atoms. The highest BCUT2D eigenvalue weighted by molar-refractivity contribution is 6.01. The maximum absolute atomic E-state index is 15.4. The molecule has 1 aliphatic rings. The van der Waals surface area contributed by atoms with Crippen LogP contribution in [-0.4, -0.2) is 221 Å². The number of guanidine groups is 1. The van der Waals surface area contributed by atoms with Crippen LogP contribution in [0.5, 0.6) is 0 Å². The van der Waals surface area contributed by atoms with E-state index >= 15 is 24.0 Å². The van der Waals surface area contributed by atoms with Gasteiger partial charge in [0.15, 0.2) is 5.96 Å². The first-order chi connectivity index (χ1) is 62.5. The highest BCUT2D eigenvalue weighted by Crippen LogP contribution is 2.34. The fraction of sp³-hybridized carbons (Fsp3) is 0.489. The van der Waals surface area contributed by atoms with Gasteiger partial charge in [0.2, 0.25) is 88.6 Å². The summed E-state index contributed by atoms with van der Waals surface area (Å²) in [4.78, 5) is 220. The number of nitrogens with two attached hydrogens (primary N) is 5. The van der Waals surface area contributed by atoms with E-state index in [0.29, 0.717) is 40.4 Å². The van der Waals surface area contributed by atoms with Gasteiger partial charge in [-0.3, -0.25) is 77.3 Å². The SMILES string of the molecule is CC[C@H](C)[C@H](NC(=O)[C@H](CCCNC(=N)N)NC(=O)CNC(=O)[C@H](CC(C)C)NC(=O)[C@H](Cc1ccccc1)NC(=O)[C@H](CCCCN)NC(=O)[C@H](CO)NC(=O)[C@H](Cc1ccccc1)NC(=O)[C@H](Cc1c[nH]c2ccccc12)NC(=O)[C@H](CCC(N)=O)NC(=O)[C@@H]1C[C@@H](c2ccccc2)CN1C(=O)[C@@H](NC(=O)[C@@H](N)Cc1ccccc1)C(C)C)C(=O)N[C@@H](CC(C)C)C(N)=O. The average molecular weight is 1810 g/mol. The summed E-state index contributed by atoms with van der Waals surface area (Å²) in [5.41, 5.74) is 33.0. The number of carbonyl (C=O) groups excluding carboxylic acids is 15. The number of carbonyl (C=O) groups is 15. The topological polar surface area (TPSA) is 606 Å². The standard InChI is InChI=1S/C94H133N21O16/c1-9-57(8)80(92(130)107-70(81(98)119)43-54(2)3)114-86(124)67(38-26-42-101-94(99)100)104-78(118)51-103-83(121)71(44-55(4)5)108-87(125)72(46-59-29-16-11-17-30-59)109-84(122)68(37-24-25-41-95)105-90(128)75(53-116)112-88(126)73(47-60-31-18-12-19-32-60)110-89(127)74(48-62-50-102-66-36-23-22-35-64(62)66)111-85(123)69(39-40-77(97)117)106-91(129)76-49-63(61-33-20-13-21-34-61)52-115(76)93(131)79(56(6)7)113-82(120)65(96)45-58-27-14-10-15-28-58/h10-23,27-36,50,54-57,63,65,67-76,79-80,102,116H,9,24-26,37-49,51-53,95-96H2,1-8H3,(H2,97,117)(H2,98,119)(H,103,121)(H,104,118)(H,105,128)(H,106,129)(H,107,130)(H,108,125)(H,109,122)(H,110,127)(H,111,123)(H,112,126)(H,113,120)(H,114,124)(H4,99,100,101)/t57-,63+,65-,67-,68-,69-,70-,71-,72-,73-,74-,75-,76-,79-,80-/m0/s1. The molecule has 6 aromatic rings. The van der Waals surface area contributed by atoms with Crippen LogP contribution in [0.2, 0.25) is 0 Å². The van der Waals surface area contributed by atoms with Crippen molar-refractivity contribution in [3.8, 4) is 0 Å². The van der Waals surface area contributed by atoms with Crippen LogP contribution in [0.4, 0.5) is 0 Å². The molecule has 0 aliphatic carbocycles. The number of unbranched alkanes of at least 4 members (excludes halogenated alkanes) is 1. The van der Waals surface area contributed by atoms with Crippen molar-refractivity contribution in [2.45, 2.75) is 236 Å². The Balaban J connectivity index is 1.11. The molecule has 37 heteroatoms. The van der Waals surface area contributed by atoms with Crippen LogP contribution in [0.15, 0.2) is 152 Å². The number of para-hydroxylation sites is 1. The maximum atomic E-state index is 15.4. The Morgan fingerprint density at radius 3 is 1.46 bits per heavy atom. The van der Waals surface area contributed by atoms with E-state index in [0.717, 1.165) is 11.1 Å². The Labute approximate surface area is 764 Å². The predicted molar refractivity (Wildman–Crippen MR) is 494 cm³/mol. The number of fused-ring (bicyclic) bond motifs is 1. The van der Waals surface area contributed by atoms with Crippen LogP contribution >= 0.6 is 0 Å². The highest BCUT2D eigenvalue weighted by atomic mass is 16.3. The summed E-state index contributed by atoms with van der Waals surface area (Å²) in [6, 6.07) is 24.3. The maximum Gasteiger partial charge on any atom is 0.246 e. The number of nitrogens with one attached hydrogen (secondary N) is 15. The third-order valence-electron chi connectivity index (χ3n) is 22.9. The molecule has 1 saturated heterocycles. The van der Waals surface area contributed by atoms with Gasteiger partial charge in [0.1, 0.15) is 72.5 Å². The number of hydrogen-bond donors (Lipinski definition) is 21. The van der Waals surface area contributed by atoms with Gasteiger partial charge < -0.3 is 113 Å². The number of nitrogens with zero attached hydrogens (tertiary/aromatic N) is 1. The number of aliphatic hydroxyl groups excluding tert-OH is 1. The second kappa shape index (κ2) is 53.1. The van der Waals surface area contributed by atoms with Gasteiger partial charge in [-0.1, -0.05) is 201 Å². The van der Waals surface area contributed by atoms with Gasteiger partial charge in [-0.15, -0.1) is 0 Å². The Hall–Kier alpha value is -13.2. The van der Waals surface area contributed by atoms with E-state index in [1.807, 2.05) is 74.5 Å². The minimum absolute atomic E-state index is 0.00109. The van der Waals surface area contributed by atoms with Gasteiger partial charge in [0, 0.05) is 61.8 Å². The van der Waals surface area contributed by atoms with Crippen LogP contribution in [0, 0.1) is 29.1 Å². The minimum Gasteiger partial charge on any atom is -0.394 e. The van der Waals surface area contributed by atoms with Crippen molar-refractivity contribution in [2.24, 2.45) is 52.3 Å². The lowest BCUT2D eigenvalue weighted by atomic mass is 9.96. The third kappa shape index (κ3) is 34.0. The Kier molecular flexibility index (Phi) is 42.5. The van der Waals surface area contributed by atoms with E-state index in [4.69, 9.17) is 34.1 Å². The first-order valence-electron chi connectivity index (χ1n) is 44.8. The van der Waals surface area contributed by atoms with Crippen molar-refractivity contribution < 1.29 is 77.0 Å². The predicted octanol–water partition coefficient (Wildman–Crippen LogP) is 0.529. The number of hydrogen-bond acceptors (Lipinski definition) is 19. The molecule has 0 saturated carbocycles. The third-order valence-corrected chi connectivity index (χ3v) is 22.9. The van der Waals surface area contributed by atoms with E-state index in [2.05, 4.69) is 74.1 Å². The molecule has 5 aromatic carbocycles. The zero-order valence-corrected chi connectivity index (χ0v) is 75.9. The number of aliphatic hydroxyl groups is 1. The quantitative estimate of drug-likeness (QED) is 0.0141. The number of primary amides is 2. The number of likely N-dealkylation sites (tertiary alicyclic amines) is 1. The van der Waals surface area contributed by atoms with Crippen molar-refractivity contribution in [3.63, 3.8) is 0 Å². The highest BCUT2D eigenvalue weighted by Gasteiger charge is 2.45. The summed E-state index contributed by atoms with van der Waals surface area (Å²) >= 11 is 0. The van der Waals surface area contributed by atoms with Crippen LogP contribution in [0.3, 0.4) is 0 Å². The minimum atomic E-state index is -1.84. The molecule has 2 heterocycles.